The van der Waals surface area contributed by atoms with Crippen LogP contribution in [0.5, 0.6) is 5.75 Å². The van der Waals surface area contributed by atoms with E-state index in [4.69, 9.17) is 4.74 Å². The number of thioether (sulfide) groups is 1. The number of alkyl halides is 2. The predicted molar refractivity (Wildman–Crippen MR) is 93.0 cm³/mol. The van der Waals surface area contributed by atoms with Gasteiger partial charge >= 0.3 is 6.61 Å². The van der Waals surface area contributed by atoms with Crippen LogP contribution in [0.3, 0.4) is 0 Å². The second-order valence-corrected chi connectivity index (χ2v) is 6.78. The standard InChI is InChI=1S/C17H18F2N2O3S/c1-10-7-12(8-11(2)14(10)24-16(18)19)9-13-15(22)20-17(25-13)21-3-5-23-6-4-21/h7-9,16H,3-6H2,1-2H3/b13-9-. The van der Waals surface area contributed by atoms with Gasteiger partial charge in [-0.1, -0.05) is 0 Å². The van der Waals surface area contributed by atoms with Crippen LogP contribution >= 0.6 is 11.8 Å². The number of amidine groups is 1. The molecule has 0 radical (unpaired) electrons. The lowest BCUT2D eigenvalue weighted by Gasteiger charge is -2.27. The van der Waals surface area contributed by atoms with Gasteiger partial charge in [-0.05, 0) is 60.5 Å². The number of hydrogen-bond acceptors (Lipinski definition) is 5. The lowest BCUT2D eigenvalue weighted by atomic mass is 10.1. The van der Waals surface area contributed by atoms with Gasteiger partial charge in [0.25, 0.3) is 5.91 Å². The molecule has 5 nitrogen and oxygen atoms in total. The van der Waals surface area contributed by atoms with Gasteiger partial charge in [0.15, 0.2) is 5.17 Å². The molecular formula is C17H18F2N2O3S. The van der Waals surface area contributed by atoms with Gasteiger partial charge in [-0.25, -0.2) is 0 Å². The number of rotatable bonds is 3. The zero-order chi connectivity index (χ0) is 18.0. The van der Waals surface area contributed by atoms with E-state index in [0.717, 1.165) is 5.56 Å². The second kappa shape index (κ2) is 7.53. The number of ether oxygens (including phenoxy) is 2. The van der Waals surface area contributed by atoms with Crippen LogP contribution in [0.15, 0.2) is 22.0 Å². The van der Waals surface area contributed by atoms with Crippen LogP contribution in [0.25, 0.3) is 6.08 Å². The fourth-order valence-corrected chi connectivity index (χ4v) is 3.75. The molecular weight excluding hydrogens is 350 g/mol. The minimum absolute atomic E-state index is 0.174. The molecule has 25 heavy (non-hydrogen) atoms. The minimum atomic E-state index is -2.86. The van der Waals surface area contributed by atoms with Crippen molar-refractivity contribution in [1.82, 2.24) is 4.90 Å². The van der Waals surface area contributed by atoms with Crippen LogP contribution < -0.4 is 4.74 Å². The Morgan fingerprint density at radius 3 is 2.52 bits per heavy atom. The Labute approximate surface area is 148 Å². The molecule has 1 aromatic carbocycles. The molecule has 2 aliphatic rings. The van der Waals surface area contributed by atoms with Crippen molar-refractivity contribution >= 4 is 28.9 Å². The molecule has 0 spiro atoms. The van der Waals surface area contributed by atoms with Crippen molar-refractivity contribution in [3.63, 3.8) is 0 Å². The zero-order valence-corrected chi connectivity index (χ0v) is 14.7. The molecule has 8 heteroatoms. The number of nitrogens with zero attached hydrogens (tertiary/aromatic N) is 2. The number of hydrogen-bond donors (Lipinski definition) is 0. The molecule has 3 rings (SSSR count). The number of benzene rings is 1. The first-order chi connectivity index (χ1) is 11.9. The highest BCUT2D eigenvalue weighted by Gasteiger charge is 2.27. The third-order valence-electron chi connectivity index (χ3n) is 3.88. The Morgan fingerprint density at radius 1 is 1.28 bits per heavy atom. The number of carbonyl (C=O) groups is 1. The van der Waals surface area contributed by atoms with Crippen LogP contribution in [0.4, 0.5) is 8.78 Å². The topological polar surface area (TPSA) is 51.1 Å². The van der Waals surface area contributed by atoms with Crippen LogP contribution in [-0.2, 0) is 9.53 Å². The molecule has 0 aliphatic carbocycles. The highest BCUT2D eigenvalue weighted by molar-refractivity contribution is 8.18. The summed E-state index contributed by atoms with van der Waals surface area (Å²) in [5.41, 5.74) is 1.94. The number of aryl methyl sites for hydroxylation is 2. The van der Waals surface area contributed by atoms with Crippen LogP contribution in [0, 0.1) is 13.8 Å². The van der Waals surface area contributed by atoms with Crippen molar-refractivity contribution in [2.24, 2.45) is 4.99 Å². The summed E-state index contributed by atoms with van der Waals surface area (Å²) in [6.07, 6.45) is 1.73. The highest BCUT2D eigenvalue weighted by Crippen LogP contribution is 2.32. The van der Waals surface area contributed by atoms with Gasteiger partial charge in [-0.15, -0.1) is 0 Å². The Kier molecular flexibility index (Phi) is 5.39. The first kappa shape index (κ1) is 17.9. The number of morpholine rings is 1. The summed E-state index contributed by atoms with van der Waals surface area (Å²) >= 11 is 1.33. The van der Waals surface area contributed by atoms with Crippen molar-refractivity contribution in [3.8, 4) is 5.75 Å². The summed E-state index contributed by atoms with van der Waals surface area (Å²) in [5, 5.41) is 0.686. The van der Waals surface area contributed by atoms with Crippen LogP contribution in [0.2, 0.25) is 0 Å². The molecule has 0 aromatic heterocycles. The van der Waals surface area contributed by atoms with E-state index in [2.05, 4.69) is 9.73 Å². The Balaban J connectivity index is 1.78. The van der Waals surface area contributed by atoms with Gasteiger partial charge in [0.2, 0.25) is 0 Å². The molecule has 134 valence electrons. The molecule has 0 unspecified atom stereocenters. The SMILES string of the molecule is Cc1cc(/C=C2\SC(N3CCOCC3)=NC2=O)cc(C)c1OC(F)F. The van der Waals surface area contributed by atoms with E-state index in [1.807, 2.05) is 4.90 Å². The average Bonchev–Trinajstić information content (AvgIpc) is 2.92. The van der Waals surface area contributed by atoms with E-state index in [9.17, 15) is 13.6 Å². The van der Waals surface area contributed by atoms with Gasteiger partial charge in [0, 0.05) is 13.1 Å². The molecule has 2 aliphatic heterocycles. The summed E-state index contributed by atoms with van der Waals surface area (Å²) in [6, 6.07) is 3.44. The molecule has 1 amide bonds. The van der Waals surface area contributed by atoms with E-state index in [1.165, 1.54) is 11.8 Å². The monoisotopic (exact) mass is 368 g/mol. The molecule has 0 bridgehead atoms. The Morgan fingerprint density at radius 2 is 1.92 bits per heavy atom. The Hall–Kier alpha value is -1.93. The maximum atomic E-state index is 12.5. The van der Waals surface area contributed by atoms with Crippen molar-refractivity contribution in [1.29, 1.82) is 0 Å². The van der Waals surface area contributed by atoms with E-state index in [0.29, 0.717) is 47.5 Å². The molecule has 1 aromatic rings. The molecule has 1 saturated heterocycles. The van der Waals surface area contributed by atoms with E-state index in [-0.39, 0.29) is 11.7 Å². The van der Waals surface area contributed by atoms with Gasteiger partial charge in [-0.3, -0.25) is 4.79 Å². The smallest absolute Gasteiger partial charge is 0.387 e. The number of amides is 1. The van der Waals surface area contributed by atoms with E-state index in [1.54, 1.807) is 32.1 Å². The summed E-state index contributed by atoms with van der Waals surface area (Å²) in [5.74, 6) is -0.109. The molecule has 0 N–H and O–H groups in total. The van der Waals surface area contributed by atoms with Crippen LogP contribution in [0.1, 0.15) is 16.7 Å². The molecule has 0 saturated carbocycles. The van der Waals surface area contributed by atoms with Crippen molar-refractivity contribution in [2.45, 2.75) is 20.5 Å². The summed E-state index contributed by atoms with van der Waals surface area (Å²) in [4.78, 5) is 18.8. The maximum Gasteiger partial charge on any atom is 0.387 e. The lowest BCUT2D eigenvalue weighted by Crippen LogP contribution is -2.38. The fourth-order valence-electron chi connectivity index (χ4n) is 2.78. The number of halogens is 2. The van der Waals surface area contributed by atoms with Gasteiger partial charge < -0.3 is 14.4 Å². The van der Waals surface area contributed by atoms with Gasteiger partial charge in [-0.2, -0.15) is 13.8 Å². The Bertz CT molecular complexity index is 720. The third-order valence-corrected chi connectivity index (χ3v) is 4.92. The zero-order valence-electron chi connectivity index (χ0n) is 13.9. The maximum absolute atomic E-state index is 12.5. The van der Waals surface area contributed by atoms with Crippen molar-refractivity contribution in [3.05, 3.63) is 33.7 Å². The molecule has 2 heterocycles. The van der Waals surface area contributed by atoms with Crippen LogP contribution in [-0.4, -0.2) is 48.9 Å². The van der Waals surface area contributed by atoms with Crippen molar-refractivity contribution in [2.75, 3.05) is 26.3 Å². The normalized spacial score (nSPS) is 19.7. The average molecular weight is 368 g/mol. The third kappa shape index (κ3) is 4.19. The summed E-state index contributed by atoms with van der Waals surface area (Å²) < 4.78 is 34.8. The fraction of sp³-hybridized carbons (Fsp3) is 0.412. The van der Waals surface area contributed by atoms with Gasteiger partial charge in [0.1, 0.15) is 5.75 Å². The highest BCUT2D eigenvalue weighted by atomic mass is 32.2. The number of carbonyl (C=O) groups excluding carboxylic acids is 1. The van der Waals surface area contributed by atoms with E-state index < -0.39 is 6.61 Å². The van der Waals surface area contributed by atoms with E-state index >= 15 is 0 Å². The second-order valence-electron chi connectivity index (χ2n) is 5.77. The first-order valence-corrected chi connectivity index (χ1v) is 8.67. The largest absolute Gasteiger partial charge is 0.434 e. The number of aliphatic imine (C=N–C) groups is 1. The summed E-state index contributed by atoms with van der Waals surface area (Å²) in [6.45, 7) is 3.21. The quantitative estimate of drug-likeness (QED) is 0.767. The first-order valence-electron chi connectivity index (χ1n) is 7.85. The van der Waals surface area contributed by atoms with Gasteiger partial charge in [0.05, 0.1) is 18.1 Å². The minimum Gasteiger partial charge on any atom is -0.434 e. The predicted octanol–water partition coefficient (Wildman–Crippen LogP) is 3.21. The summed E-state index contributed by atoms with van der Waals surface area (Å²) in [7, 11) is 0. The molecule has 0 atom stereocenters. The van der Waals surface area contributed by atoms with Crippen molar-refractivity contribution < 1.29 is 23.0 Å². The molecule has 1 fully saturated rings. The lowest BCUT2D eigenvalue weighted by molar-refractivity contribution is -0.113.